The van der Waals surface area contributed by atoms with Crippen molar-refractivity contribution in [3.63, 3.8) is 0 Å². The highest BCUT2D eigenvalue weighted by atomic mass is 35.5. The van der Waals surface area contributed by atoms with E-state index in [1.54, 1.807) is 13.2 Å². The highest BCUT2D eigenvalue weighted by molar-refractivity contribution is 7.98. The molecule has 0 spiro atoms. The van der Waals surface area contributed by atoms with Crippen molar-refractivity contribution >= 4 is 39.0 Å². The van der Waals surface area contributed by atoms with E-state index < -0.39 is 9.84 Å². The van der Waals surface area contributed by atoms with Crippen molar-refractivity contribution in [1.29, 1.82) is 0 Å². The molecule has 0 fully saturated rings. The van der Waals surface area contributed by atoms with Crippen LogP contribution in [0.3, 0.4) is 0 Å². The number of hydrogen-bond donors (Lipinski definition) is 0. The summed E-state index contributed by atoms with van der Waals surface area (Å²) in [6.07, 6.45) is 2.86. The van der Waals surface area contributed by atoms with Crippen molar-refractivity contribution in [2.45, 2.75) is 16.8 Å². The number of sulfone groups is 1. The maximum Gasteiger partial charge on any atom is 0.200 e. The van der Waals surface area contributed by atoms with Gasteiger partial charge in [0.05, 0.1) is 15.5 Å². The summed E-state index contributed by atoms with van der Waals surface area (Å²) in [5.74, 6) is 0.0516. The number of aryl methyl sites for hydroxylation is 1. The van der Waals surface area contributed by atoms with Gasteiger partial charge in [0.15, 0.2) is 14.9 Å². The number of benzene rings is 1. The second-order valence-electron chi connectivity index (χ2n) is 4.37. The van der Waals surface area contributed by atoms with Crippen LogP contribution < -0.4 is 0 Å². The second-order valence-corrected chi connectivity index (χ2v) is 7.58. The first kappa shape index (κ1) is 16.1. The Labute approximate surface area is 131 Å². The first-order valence-electron chi connectivity index (χ1n) is 5.80. The minimum absolute atomic E-state index is 0.0659. The molecule has 112 valence electrons. The van der Waals surface area contributed by atoms with Gasteiger partial charge in [-0.3, -0.25) is 4.79 Å². The molecule has 0 amide bonds. The van der Waals surface area contributed by atoms with Crippen LogP contribution in [0.1, 0.15) is 21.7 Å². The molecule has 0 atom stereocenters. The van der Waals surface area contributed by atoms with Crippen molar-refractivity contribution in [3.8, 4) is 0 Å². The first-order valence-corrected chi connectivity index (χ1v) is 9.29. The zero-order valence-electron chi connectivity index (χ0n) is 11.5. The van der Waals surface area contributed by atoms with Crippen LogP contribution in [0.2, 0.25) is 5.02 Å². The summed E-state index contributed by atoms with van der Waals surface area (Å²) in [5.41, 5.74) is 0.558. The van der Waals surface area contributed by atoms with Crippen LogP contribution in [0.15, 0.2) is 32.6 Å². The normalized spacial score (nSPS) is 11.6. The number of aromatic nitrogens is 1. The first-order chi connectivity index (χ1) is 9.75. The van der Waals surface area contributed by atoms with Crippen molar-refractivity contribution in [2.75, 3.05) is 12.5 Å². The standard InChI is InChI=1S/C13H12ClNO4S2/c1-7-11(13(20-2)15-19-7)12(16)9-5-4-8(6-10(9)14)21(3,17)18/h4-6H,1-3H3. The van der Waals surface area contributed by atoms with Crippen LogP contribution in [0.25, 0.3) is 0 Å². The van der Waals surface area contributed by atoms with Crippen LogP contribution in [0.5, 0.6) is 0 Å². The smallest absolute Gasteiger partial charge is 0.200 e. The Balaban J connectivity index is 2.52. The Morgan fingerprint density at radius 1 is 1.38 bits per heavy atom. The van der Waals surface area contributed by atoms with Gasteiger partial charge in [-0.15, -0.1) is 11.8 Å². The van der Waals surface area contributed by atoms with Gasteiger partial charge in [-0.25, -0.2) is 8.42 Å². The summed E-state index contributed by atoms with van der Waals surface area (Å²) in [5, 5.41) is 4.35. The molecule has 2 rings (SSSR count). The molecular formula is C13H12ClNO4S2. The van der Waals surface area contributed by atoms with Crippen LogP contribution in [-0.4, -0.2) is 31.9 Å². The number of thioether (sulfide) groups is 1. The predicted molar refractivity (Wildman–Crippen MR) is 81.0 cm³/mol. The molecule has 0 saturated carbocycles. The fourth-order valence-electron chi connectivity index (χ4n) is 1.79. The summed E-state index contributed by atoms with van der Waals surface area (Å²) in [6, 6.07) is 4.03. The number of carbonyl (C=O) groups excluding carboxylic acids is 1. The predicted octanol–water partition coefficient (Wildman–Crippen LogP) is 2.99. The van der Waals surface area contributed by atoms with Crippen molar-refractivity contribution in [3.05, 3.63) is 40.1 Å². The van der Waals surface area contributed by atoms with Gasteiger partial charge in [-0.1, -0.05) is 16.8 Å². The van der Waals surface area contributed by atoms with Gasteiger partial charge in [0, 0.05) is 11.8 Å². The van der Waals surface area contributed by atoms with E-state index in [4.69, 9.17) is 16.1 Å². The van der Waals surface area contributed by atoms with E-state index in [0.29, 0.717) is 16.3 Å². The average Bonchev–Trinajstić information content (AvgIpc) is 2.78. The van der Waals surface area contributed by atoms with Gasteiger partial charge in [0.25, 0.3) is 0 Å². The van der Waals surface area contributed by atoms with Gasteiger partial charge in [0.2, 0.25) is 5.78 Å². The second kappa shape index (κ2) is 5.82. The molecule has 1 aromatic heterocycles. The summed E-state index contributed by atoms with van der Waals surface area (Å²) < 4.78 is 28.0. The molecule has 2 aromatic rings. The van der Waals surface area contributed by atoms with Crippen molar-refractivity contribution in [2.24, 2.45) is 0 Å². The summed E-state index contributed by atoms with van der Waals surface area (Å²) in [7, 11) is -3.37. The third-order valence-corrected chi connectivity index (χ3v) is 4.95. The van der Waals surface area contributed by atoms with E-state index in [1.165, 1.54) is 30.0 Å². The minimum Gasteiger partial charge on any atom is -0.360 e. The Bertz CT molecular complexity index is 812. The lowest BCUT2D eigenvalue weighted by Gasteiger charge is -2.05. The van der Waals surface area contributed by atoms with Crippen molar-refractivity contribution < 1.29 is 17.7 Å². The van der Waals surface area contributed by atoms with Crippen LogP contribution in [0.4, 0.5) is 0 Å². The SMILES string of the molecule is CSc1noc(C)c1C(=O)c1ccc(S(C)(=O)=O)cc1Cl. The zero-order valence-corrected chi connectivity index (χ0v) is 13.9. The molecule has 0 aliphatic carbocycles. The third kappa shape index (κ3) is 3.14. The van der Waals surface area contributed by atoms with Crippen LogP contribution >= 0.6 is 23.4 Å². The lowest BCUT2D eigenvalue weighted by Crippen LogP contribution is -2.06. The molecule has 0 bridgehead atoms. The zero-order chi connectivity index (χ0) is 15.8. The maximum atomic E-state index is 12.5. The van der Waals surface area contributed by atoms with E-state index in [0.717, 1.165) is 6.26 Å². The topological polar surface area (TPSA) is 77.2 Å². The molecule has 0 aliphatic rings. The molecule has 0 radical (unpaired) electrons. The number of halogens is 1. The fourth-order valence-corrected chi connectivity index (χ4v) is 3.32. The Kier molecular flexibility index (Phi) is 4.46. The van der Waals surface area contributed by atoms with E-state index in [-0.39, 0.29) is 21.3 Å². The Hall–Kier alpha value is -1.31. The van der Waals surface area contributed by atoms with Gasteiger partial charge in [0.1, 0.15) is 5.76 Å². The lowest BCUT2D eigenvalue weighted by molar-refractivity contribution is 0.103. The highest BCUT2D eigenvalue weighted by Crippen LogP contribution is 2.29. The van der Waals surface area contributed by atoms with Crippen LogP contribution in [0, 0.1) is 6.92 Å². The fraction of sp³-hybridized carbons (Fsp3) is 0.231. The molecule has 5 nitrogen and oxygen atoms in total. The minimum atomic E-state index is -3.37. The average molecular weight is 346 g/mol. The van der Waals surface area contributed by atoms with Crippen molar-refractivity contribution in [1.82, 2.24) is 5.16 Å². The monoisotopic (exact) mass is 345 g/mol. The molecular weight excluding hydrogens is 334 g/mol. The molecule has 0 N–H and O–H groups in total. The van der Waals surface area contributed by atoms with Crippen LogP contribution in [-0.2, 0) is 9.84 Å². The van der Waals surface area contributed by atoms with E-state index >= 15 is 0 Å². The van der Waals surface area contributed by atoms with Gasteiger partial charge in [-0.2, -0.15) is 0 Å². The number of carbonyl (C=O) groups is 1. The quantitative estimate of drug-likeness (QED) is 0.626. The van der Waals surface area contributed by atoms with E-state index in [1.807, 2.05) is 0 Å². The molecule has 21 heavy (non-hydrogen) atoms. The lowest BCUT2D eigenvalue weighted by atomic mass is 10.0. The van der Waals surface area contributed by atoms with Gasteiger partial charge >= 0.3 is 0 Å². The molecule has 1 aromatic carbocycles. The largest absolute Gasteiger partial charge is 0.360 e. The molecule has 0 saturated heterocycles. The van der Waals surface area contributed by atoms with E-state index in [2.05, 4.69) is 5.16 Å². The number of ketones is 1. The summed E-state index contributed by atoms with van der Waals surface area (Å²) in [4.78, 5) is 12.6. The van der Waals surface area contributed by atoms with E-state index in [9.17, 15) is 13.2 Å². The maximum absolute atomic E-state index is 12.5. The van der Waals surface area contributed by atoms with Gasteiger partial charge in [-0.05, 0) is 31.4 Å². The third-order valence-electron chi connectivity index (χ3n) is 2.87. The number of hydrogen-bond acceptors (Lipinski definition) is 6. The Morgan fingerprint density at radius 2 is 2.05 bits per heavy atom. The Morgan fingerprint density at radius 3 is 2.57 bits per heavy atom. The molecule has 1 heterocycles. The number of nitrogens with zero attached hydrogens (tertiary/aromatic N) is 1. The van der Waals surface area contributed by atoms with Gasteiger partial charge < -0.3 is 4.52 Å². The summed E-state index contributed by atoms with van der Waals surface area (Å²) >= 11 is 7.34. The molecule has 8 heteroatoms. The number of rotatable bonds is 4. The highest BCUT2D eigenvalue weighted by Gasteiger charge is 2.23. The molecule has 0 aliphatic heterocycles. The molecule has 0 unspecified atom stereocenters. The summed E-state index contributed by atoms with van der Waals surface area (Å²) in [6.45, 7) is 1.64.